The molecule has 2 aromatic carbocycles. The fourth-order valence-electron chi connectivity index (χ4n) is 3.80. The van der Waals surface area contributed by atoms with E-state index in [1.165, 1.54) is 19.2 Å². The second-order valence-corrected chi connectivity index (χ2v) is 6.48. The van der Waals surface area contributed by atoms with E-state index in [1.807, 2.05) is 31.2 Å². The molecule has 2 aliphatic heterocycles. The van der Waals surface area contributed by atoms with Crippen molar-refractivity contribution in [2.75, 3.05) is 19.2 Å². The summed E-state index contributed by atoms with van der Waals surface area (Å²) in [5.41, 5.74) is 2.61. The number of anilines is 1. The van der Waals surface area contributed by atoms with Crippen molar-refractivity contribution in [2.45, 2.75) is 13.0 Å². The van der Waals surface area contributed by atoms with Gasteiger partial charge in [0.1, 0.15) is 6.04 Å². The highest BCUT2D eigenvalue weighted by Gasteiger charge is 2.54. The number of carbonyl (C=O) groups excluding carboxylic acids is 3. The fourth-order valence-corrected chi connectivity index (χ4v) is 3.80. The van der Waals surface area contributed by atoms with Crippen molar-refractivity contribution in [3.8, 4) is 0 Å². The third-order valence-electron chi connectivity index (χ3n) is 5.02. The molecule has 7 nitrogen and oxygen atoms in total. The molecule has 0 aromatic heterocycles. The van der Waals surface area contributed by atoms with E-state index in [2.05, 4.69) is 0 Å². The Labute approximate surface area is 161 Å². The second kappa shape index (κ2) is 6.53. The molecule has 0 spiro atoms. The van der Waals surface area contributed by atoms with Gasteiger partial charge in [0.2, 0.25) is 0 Å². The maximum Gasteiger partial charge on any atom is 0.357 e. The number of hydrogen-bond donors (Lipinski definition) is 0. The van der Waals surface area contributed by atoms with E-state index < -0.39 is 23.9 Å². The summed E-state index contributed by atoms with van der Waals surface area (Å²) in [6, 6.07) is 13.8. The lowest BCUT2D eigenvalue weighted by Gasteiger charge is -2.40. The van der Waals surface area contributed by atoms with E-state index in [1.54, 1.807) is 29.3 Å². The minimum absolute atomic E-state index is 0.0795. The molecule has 142 valence electrons. The molecule has 0 saturated heterocycles. The zero-order valence-corrected chi connectivity index (χ0v) is 15.6. The van der Waals surface area contributed by atoms with Crippen molar-refractivity contribution < 1.29 is 23.9 Å². The summed E-state index contributed by atoms with van der Waals surface area (Å²) in [6.45, 7) is 1.90. The number of amides is 1. The van der Waals surface area contributed by atoms with Crippen LogP contribution in [0.15, 0.2) is 59.8 Å². The number of fused-ring (bicyclic) bond motifs is 4. The quantitative estimate of drug-likeness (QED) is 0.764. The summed E-state index contributed by atoms with van der Waals surface area (Å²) in [5, 5.41) is 2.89. The van der Waals surface area contributed by atoms with Crippen LogP contribution in [-0.4, -0.2) is 37.1 Å². The largest absolute Gasteiger partial charge is 0.466 e. The molecule has 2 aliphatic rings. The summed E-state index contributed by atoms with van der Waals surface area (Å²) in [5.74, 6) is -1.87. The van der Waals surface area contributed by atoms with Crippen LogP contribution in [0.2, 0.25) is 0 Å². The number of esters is 2. The third kappa shape index (κ3) is 2.32. The number of carbonyl (C=O) groups is 3. The number of methoxy groups -OCH3 is 2. The molecular formula is C21H18N2O5. The van der Waals surface area contributed by atoms with E-state index in [0.717, 1.165) is 5.56 Å². The monoisotopic (exact) mass is 378 g/mol. The van der Waals surface area contributed by atoms with Crippen LogP contribution in [0.5, 0.6) is 0 Å². The van der Waals surface area contributed by atoms with Gasteiger partial charge in [-0.25, -0.2) is 14.6 Å². The number of hydrazine groups is 1. The topological polar surface area (TPSA) is 76.2 Å². The Kier molecular flexibility index (Phi) is 4.15. The van der Waals surface area contributed by atoms with Gasteiger partial charge in [0.25, 0.3) is 5.91 Å². The lowest BCUT2D eigenvalue weighted by molar-refractivity contribution is -0.140. The van der Waals surface area contributed by atoms with E-state index in [0.29, 0.717) is 16.8 Å². The predicted octanol–water partition coefficient (Wildman–Crippen LogP) is 2.53. The second-order valence-electron chi connectivity index (χ2n) is 6.48. The smallest absolute Gasteiger partial charge is 0.357 e. The highest BCUT2D eigenvalue weighted by Crippen LogP contribution is 2.49. The van der Waals surface area contributed by atoms with E-state index in [9.17, 15) is 14.4 Å². The lowest BCUT2D eigenvalue weighted by atomic mass is 9.92. The van der Waals surface area contributed by atoms with Gasteiger partial charge in [0.15, 0.2) is 5.70 Å². The Morgan fingerprint density at radius 3 is 2.25 bits per heavy atom. The van der Waals surface area contributed by atoms with Crippen molar-refractivity contribution in [3.05, 3.63) is 76.5 Å². The molecule has 0 unspecified atom stereocenters. The minimum atomic E-state index is -0.775. The number of nitrogens with zero attached hydrogens (tertiary/aromatic N) is 2. The van der Waals surface area contributed by atoms with Gasteiger partial charge in [-0.3, -0.25) is 9.80 Å². The Morgan fingerprint density at radius 1 is 0.929 bits per heavy atom. The molecule has 2 bridgehead atoms. The molecule has 4 rings (SSSR count). The molecule has 2 heterocycles. The number of para-hydroxylation sites is 1. The predicted molar refractivity (Wildman–Crippen MR) is 100 cm³/mol. The summed E-state index contributed by atoms with van der Waals surface area (Å²) in [7, 11) is 2.46. The fraction of sp³-hybridized carbons (Fsp3) is 0.190. The molecule has 0 N–H and O–H groups in total. The Balaban J connectivity index is 2.05. The maximum atomic E-state index is 13.3. The number of rotatable bonds is 3. The van der Waals surface area contributed by atoms with Gasteiger partial charge in [0.05, 0.1) is 25.5 Å². The van der Waals surface area contributed by atoms with Crippen LogP contribution >= 0.6 is 0 Å². The first-order valence-corrected chi connectivity index (χ1v) is 8.70. The summed E-state index contributed by atoms with van der Waals surface area (Å²) < 4.78 is 9.87. The van der Waals surface area contributed by atoms with Crippen molar-refractivity contribution in [2.24, 2.45) is 0 Å². The van der Waals surface area contributed by atoms with Crippen molar-refractivity contribution in [3.63, 3.8) is 0 Å². The van der Waals surface area contributed by atoms with E-state index in [4.69, 9.17) is 9.47 Å². The molecule has 0 radical (unpaired) electrons. The number of ether oxygens (including phenoxy) is 2. The van der Waals surface area contributed by atoms with Crippen LogP contribution in [-0.2, 0) is 19.1 Å². The first kappa shape index (κ1) is 17.8. The molecule has 0 fully saturated rings. The van der Waals surface area contributed by atoms with Crippen LogP contribution in [0.4, 0.5) is 5.69 Å². The van der Waals surface area contributed by atoms with Gasteiger partial charge in [-0.15, -0.1) is 0 Å². The van der Waals surface area contributed by atoms with Gasteiger partial charge in [0, 0.05) is 5.56 Å². The first-order valence-electron chi connectivity index (χ1n) is 8.70. The SMILES string of the molecule is COC(=O)C1=C(C(=O)OC)N2C(=O)c3ccccc3[C@@H]1N2c1ccccc1C. The van der Waals surface area contributed by atoms with Gasteiger partial charge < -0.3 is 9.47 Å². The highest BCUT2D eigenvalue weighted by molar-refractivity contribution is 6.12. The van der Waals surface area contributed by atoms with Gasteiger partial charge in [-0.1, -0.05) is 36.4 Å². The first-order chi connectivity index (χ1) is 13.5. The highest BCUT2D eigenvalue weighted by atomic mass is 16.5. The van der Waals surface area contributed by atoms with Crippen molar-refractivity contribution >= 4 is 23.5 Å². The Hall–Kier alpha value is -3.61. The molecule has 0 aliphatic carbocycles. The van der Waals surface area contributed by atoms with Crippen LogP contribution < -0.4 is 5.01 Å². The Bertz CT molecular complexity index is 1040. The molecule has 28 heavy (non-hydrogen) atoms. The zero-order valence-electron chi connectivity index (χ0n) is 15.6. The normalized spacial score (nSPS) is 17.5. The van der Waals surface area contributed by atoms with E-state index >= 15 is 0 Å². The van der Waals surface area contributed by atoms with Crippen LogP contribution in [0.1, 0.15) is 27.5 Å². The van der Waals surface area contributed by atoms with Crippen molar-refractivity contribution in [1.29, 1.82) is 0 Å². The maximum absolute atomic E-state index is 13.3. The van der Waals surface area contributed by atoms with Gasteiger partial charge in [-0.05, 0) is 30.2 Å². The Morgan fingerprint density at radius 2 is 1.57 bits per heavy atom. The lowest BCUT2D eigenvalue weighted by Crippen LogP contribution is -2.49. The molecular weight excluding hydrogens is 360 g/mol. The van der Waals surface area contributed by atoms with Crippen LogP contribution in [0.25, 0.3) is 0 Å². The summed E-state index contributed by atoms with van der Waals surface area (Å²) in [4.78, 5) is 38.7. The minimum Gasteiger partial charge on any atom is -0.466 e. The van der Waals surface area contributed by atoms with Crippen LogP contribution in [0, 0.1) is 6.92 Å². The third-order valence-corrected chi connectivity index (χ3v) is 5.02. The average molecular weight is 378 g/mol. The number of aryl methyl sites for hydroxylation is 1. The number of hydrogen-bond acceptors (Lipinski definition) is 6. The summed E-state index contributed by atoms with van der Waals surface area (Å²) >= 11 is 0. The van der Waals surface area contributed by atoms with Crippen LogP contribution in [0.3, 0.4) is 0 Å². The van der Waals surface area contributed by atoms with Gasteiger partial charge in [-0.2, -0.15) is 0 Å². The molecule has 1 atom stereocenters. The van der Waals surface area contributed by atoms with E-state index in [-0.39, 0.29) is 11.3 Å². The molecule has 7 heteroatoms. The summed E-state index contributed by atoms with van der Waals surface area (Å²) in [6.07, 6.45) is 0. The standard InChI is InChI=1S/C21H18N2O5/c1-12-8-4-7-11-15(12)22-17-13-9-5-6-10-14(13)19(24)23(22)18(21(26)28-3)16(17)20(25)27-2/h4-11,17H,1-3H3/t17-/m0/s1. The number of benzene rings is 2. The molecule has 1 amide bonds. The zero-order chi connectivity index (χ0) is 20.0. The average Bonchev–Trinajstić information content (AvgIpc) is 3.02. The van der Waals surface area contributed by atoms with Crippen molar-refractivity contribution in [1.82, 2.24) is 5.01 Å². The van der Waals surface area contributed by atoms with Gasteiger partial charge >= 0.3 is 11.9 Å². The molecule has 0 saturated carbocycles. The molecule has 2 aromatic rings.